The number of carbonyl (C=O) groups is 1. The number of hydrogen-bond acceptors (Lipinski definition) is 7. The number of pyridine rings is 1. The summed E-state index contributed by atoms with van der Waals surface area (Å²) in [6, 6.07) is 13.3. The van der Waals surface area contributed by atoms with E-state index < -0.39 is 17.8 Å². The van der Waals surface area contributed by atoms with Gasteiger partial charge in [-0.3, -0.25) is 4.98 Å². The van der Waals surface area contributed by atoms with Crippen molar-refractivity contribution in [2.75, 3.05) is 36.3 Å². The number of benzene rings is 3. The van der Waals surface area contributed by atoms with Gasteiger partial charge in [-0.2, -0.15) is 11.8 Å². The zero-order chi connectivity index (χ0) is 30.8. The molecule has 3 N–H and O–H groups in total. The summed E-state index contributed by atoms with van der Waals surface area (Å²) < 4.78 is 15.5. The molecule has 1 saturated carbocycles. The van der Waals surface area contributed by atoms with Crippen LogP contribution < -0.4 is 10.2 Å². The molecule has 1 aliphatic carbocycles. The van der Waals surface area contributed by atoms with E-state index in [2.05, 4.69) is 15.2 Å². The summed E-state index contributed by atoms with van der Waals surface area (Å²) in [5.41, 5.74) is 4.21. The third-order valence-corrected chi connectivity index (χ3v) is 8.64. The number of anilines is 3. The minimum absolute atomic E-state index is 0.00281. The van der Waals surface area contributed by atoms with Crippen LogP contribution in [-0.2, 0) is 11.3 Å². The molecule has 0 amide bonds. The molecule has 226 valence electrons. The Kier molecular flexibility index (Phi) is 9.56. The van der Waals surface area contributed by atoms with E-state index in [0.717, 1.165) is 30.6 Å². The van der Waals surface area contributed by atoms with Crippen LogP contribution in [0.25, 0.3) is 22.0 Å². The lowest BCUT2D eigenvalue weighted by Crippen LogP contribution is -2.43. The van der Waals surface area contributed by atoms with Crippen molar-refractivity contribution >= 4 is 68.9 Å². The van der Waals surface area contributed by atoms with Crippen molar-refractivity contribution in [1.29, 1.82) is 0 Å². The minimum Gasteiger partial charge on any atom is -0.505 e. The molecule has 1 aromatic heterocycles. The summed E-state index contributed by atoms with van der Waals surface area (Å²) in [6.07, 6.45) is 5.81. The van der Waals surface area contributed by atoms with Crippen molar-refractivity contribution in [3.63, 3.8) is 0 Å². The number of fused-ring (bicyclic) bond motifs is 1. The number of thioether (sulfide) groups is 1. The van der Waals surface area contributed by atoms with Crippen LogP contribution in [0.2, 0.25) is 10.0 Å². The number of rotatable bonds is 12. The standard InChI is InChI=1S/C32H33Cl2FN4O3S/c1-38(2)17-18-4-6-20(7-5-18)37-30-23-14-22(19-12-24(33)31(40)25(34)13-19)26(35)15-27(23)36-16-29(30)39(21-8-9-21)28(32(41)42)10-11-43-3/h4-7,12-16,21,28,40H,8-11,17H2,1-3H3,(H,36,37)(H,41,42)/t28-/m0/s1. The molecule has 43 heavy (non-hydrogen) atoms. The second-order valence-corrected chi connectivity index (χ2v) is 12.8. The fourth-order valence-electron chi connectivity index (χ4n) is 5.26. The van der Waals surface area contributed by atoms with E-state index in [-0.39, 0.29) is 27.4 Å². The monoisotopic (exact) mass is 642 g/mol. The number of carboxylic acids is 1. The van der Waals surface area contributed by atoms with Gasteiger partial charge in [0.05, 0.1) is 33.1 Å². The number of phenolic OH excluding ortho intramolecular Hbond substituents is 1. The maximum absolute atomic E-state index is 15.5. The molecule has 1 aliphatic rings. The first kappa shape index (κ1) is 31.2. The Hall–Kier alpha value is -3.24. The second-order valence-electron chi connectivity index (χ2n) is 11.0. The fraction of sp³-hybridized carbons (Fsp3) is 0.312. The van der Waals surface area contributed by atoms with Crippen LogP contribution >= 0.6 is 35.0 Å². The first-order chi connectivity index (χ1) is 20.6. The van der Waals surface area contributed by atoms with Crippen LogP contribution in [-0.4, -0.2) is 64.3 Å². The molecule has 0 bridgehead atoms. The summed E-state index contributed by atoms with van der Waals surface area (Å²) in [5, 5.41) is 24.5. The van der Waals surface area contributed by atoms with Crippen LogP contribution in [0.15, 0.2) is 54.7 Å². The van der Waals surface area contributed by atoms with Gasteiger partial charge in [0.15, 0.2) is 5.75 Å². The van der Waals surface area contributed by atoms with Crippen LogP contribution in [0.3, 0.4) is 0 Å². The van der Waals surface area contributed by atoms with Gasteiger partial charge in [0.25, 0.3) is 0 Å². The quantitative estimate of drug-likeness (QED) is 0.143. The van der Waals surface area contributed by atoms with Crippen LogP contribution in [0.4, 0.5) is 21.5 Å². The van der Waals surface area contributed by atoms with Crippen molar-refractivity contribution in [3.8, 4) is 16.9 Å². The maximum atomic E-state index is 15.5. The molecule has 11 heteroatoms. The lowest BCUT2D eigenvalue weighted by Gasteiger charge is -2.33. The molecule has 1 fully saturated rings. The van der Waals surface area contributed by atoms with E-state index in [1.165, 1.54) is 18.2 Å². The van der Waals surface area contributed by atoms with Gasteiger partial charge in [0.1, 0.15) is 11.9 Å². The largest absolute Gasteiger partial charge is 0.505 e. The Morgan fingerprint density at radius 2 is 1.81 bits per heavy atom. The van der Waals surface area contributed by atoms with Gasteiger partial charge in [-0.1, -0.05) is 35.3 Å². The highest BCUT2D eigenvalue weighted by molar-refractivity contribution is 7.98. The summed E-state index contributed by atoms with van der Waals surface area (Å²) in [6.45, 7) is 0.787. The average molecular weight is 644 g/mol. The smallest absolute Gasteiger partial charge is 0.326 e. The molecular weight excluding hydrogens is 610 g/mol. The van der Waals surface area contributed by atoms with Crippen LogP contribution in [0.5, 0.6) is 5.75 Å². The summed E-state index contributed by atoms with van der Waals surface area (Å²) in [5.74, 6) is -1.02. The first-order valence-electron chi connectivity index (χ1n) is 13.9. The third kappa shape index (κ3) is 6.96. The van der Waals surface area contributed by atoms with E-state index >= 15 is 4.39 Å². The number of carboxylic acid groups (broad SMARTS) is 1. The van der Waals surface area contributed by atoms with E-state index in [9.17, 15) is 15.0 Å². The van der Waals surface area contributed by atoms with Crippen molar-refractivity contribution in [3.05, 3.63) is 76.2 Å². The molecule has 0 unspecified atom stereocenters. The average Bonchev–Trinajstić information content (AvgIpc) is 3.80. The van der Waals surface area contributed by atoms with Gasteiger partial charge < -0.3 is 25.3 Å². The van der Waals surface area contributed by atoms with Crippen molar-refractivity contribution in [2.24, 2.45) is 0 Å². The number of aromatic nitrogens is 1. The topological polar surface area (TPSA) is 88.9 Å². The fourth-order valence-corrected chi connectivity index (χ4v) is 6.20. The maximum Gasteiger partial charge on any atom is 0.326 e. The summed E-state index contributed by atoms with van der Waals surface area (Å²) in [4.78, 5) is 21.3. The minimum atomic E-state index is -0.895. The van der Waals surface area contributed by atoms with Crippen LogP contribution in [0, 0.1) is 5.82 Å². The van der Waals surface area contributed by atoms with E-state index in [1.807, 2.05) is 49.5 Å². The van der Waals surface area contributed by atoms with Gasteiger partial charge in [0.2, 0.25) is 0 Å². The zero-order valence-electron chi connectivity index (χ0n) is 24.1. The Morgan fingerprint density at radius 1 is 1.14 bits per heavy atom. The Balaban J connectivity index is 1.71. The third-order valence-electron chi connectivity index (χ3n) is 7.42. The SMILES string of the molecule is CSCC[C@@H](C(=O)O)N(c1cnc2cc(F)c(-c3cc(Cl)c(O)c(Cl)c3)cc2c1Nc1ccc(CN(C)C)cc1)C1CC1. The molecule has 5 rings (SSSR count). The molecular formula is C32H33Cl2FN4O3S. The predicted molar refractivity (Wildman–Crippen MR) is 176 cm³/mol. The molecule has 0 spiro atoms. The Bertz CT molecular complexity index is 1630. The lowest BCUT2D eigenvalue weighted by molar-refractivity contribution is -0.138. The van der Waals surface area contributed by atoms with Gasteiger partial charge in [-0.05, 0) is 86.8 Å². The van der Waals surface area contributed by atoms with E-state index in [4.69, 9.17) is 23.2 Å². The van der Waals surface area contributed by atoms with E-state index in [1.54, 1.807) is 24.0 Å². The molecule has 3 aromatic carbocycles. The molecule has 7 nitrogen and oxygen atoms in total. The molecule has 0 saturated heterocycles. The normalized spacial score (nSPS) is 13.8. The van der Waals surface area contributed by atoms with Gasteiger partial charge in [-0.15, -0.1) is 0 Å². The lowest BCUT2D eigenvalue weighted by atomic mass is 10.0. The number of phenols is 1. The molecule has 0 radical (unpaired) electrons. The van der Waals surface area contributed by atoms with Crippen molar-refractivity contribution < 1.29 is 19.4 Å². The van der Waals surface area contributed by atoms with E-state index in [0.29, 0.717) is 40.0 Å². The number of halogens is 3. The Morgan fingerprint density at radius 3 is 2.40 bits per heavy atom. The number of nitrogens with zero attached hydrogens (tertiary/aromatic N) is 3. The van der Waals surface area contributed by atoms with Crippen LogP contribution in [0.1, 0.15) is 24.8 Å². The Labute approximate surface area is 264 Å². The molecule has 1 atom stereocenters. The van der Waals surface area contributed by atoms with Gasteiger partial charge >= 0.3 is 5.97 Å². The number of aliphatic carboxylic acids is 1. The first-order valence-corrected chi connectivity index (χ1v) is 16.0. The number of nitrogens with one attached hydrogen (secondary N) is 1. The number of hydrogen-bond donors (Lipinski definition) is 3. The van der Waals surface area contributed by atoms with Crippen molar-refractivity contribution in [2.45, 2.75) is 37.9 Å². The zero-order valence-corrected chi connectivity index (χ0v) is 26.4. The van der Waals surface area contributed by atoms with Gasteiger partial charge in [0, 0.05) is 35.3 Å². The molecule has 0 aliphatic heterocycles. The number of aromatic hydroxyl groups is 1. The highest BCUT2D eigenvalue weighted by Gasteiger charge is 2.39. The second kappa shape index (κ2) is 13.2. The highest BCUT2D eigenvalue weighted by Crippen LogP contribution is 2.44. The molecule has 4 aromatic rings. The molecule has 1 heterocycles. The summed E-state index contributed by atoms with van der Waals surface area (Å²) >= 11 is 14.0. The predicted octanol–water partition coefficient (Wildman–Crippen LogP) is 8.03. The highest BCUT2D eigenvalue weighted by atomic mass is 35.5. The summed E-state index contributed by atoms with van der Waals surface area (Å²) in [7, 11) is 4.02. The van der Waals surface area contributed by atoms with Crippen molar-refractivity contribution in [1.82, 2.24) is 9.88 Å². The van der Waals surface area contributed by atoms with Gasteiger partial charge in [-0.25, -0.2) is 9.18 Å².